The highest BCUT2D eigenvalue weighted by Crippen LogP contribution is 2.24. The minimum Gasteiger partial charge on any atom is -0.452 e. The molecule has 0 atom stereocenters. The molecule has 37 heavy (non-hydrogen) atoms. The molecule has 0 bridgehead atoms. The van der Waals surface area contributed by atoms with Gasteiger partial charge < -0.3 is 9.64 Å². The highest BCUT2D eigenvalue weighted by Gasteiger charge is 2.25. The molecule has 0 spiro atoms. The second kappa shape index (κ2) is 13.4. The first-order valence-electron chi connectivity index (χ1n) is 12.1. The van der Waals surface area contributed by atoms with Gasteiger partial charge in [0.15, 0.2) is 6.61 Å². The van der Waals surface area contributed by atoms with E-state index in [0.717, 1.165) is 11.1 Å². The first kappa shape index (κ1) is 28.4. The van der Waals surface area contributed by atoms with Crippen molar-refractivity contribution < 1.29 is 22.7 Å². The fourth-order valence-electron chi connectivity index (χ4n) is 3.83. The Morgan fingerprint density at radius 2 is 1.46 bits per heavy atom. The van der Waals surface area contributed by atoms with E-state index in [9.17, 15) is 18.0 Å². The predicted molar refractivity (Wildman–Crippen MR) is 144 cm³/mol. The van der Waals surface area contributed by atoms with Crippen LogP contribution in [0.15, 0.2) is 83.8 Å². The first-order valence-corrected chi connectivity index (χ1v) is 13.9. The Hall–Kier alpha value is -3.20. The summed E-state index contributed by atoms with van der Waals surface area (Å²) in [6.45, 7) is 4.35. The largest absolute Gasteiger partial charge is 0.452 e. The molecule has 0 radical (unpaired) electrons. The average molecular weight is 543 g/mol. The molecule has 0 aromatic heterocycles. The molecule has 7 nitrogen and oxygen atoms in total. The summed E-state index contributed by atoms with van der Waals surface area (Å²) in [6, 6.07) is 23.3. The number of amides is 1. The third-order valence-electron chi connectivity index (χ3n) is 5.91. The Morgan fingerprint density at radius 3 is 2.05 bits per heavy atom. The molecule has 0 N–H and O–H groups in total. The lowest BCUT2D eigenvalue weighted by Gasteiger charge is -2.23. The van der Waals surface area contributed by atoms with Gasteiger partial charge in [-0.25, -0.2) is 13.2 Å². The van der Waals surface area contributed by atoms with Crippen molar-refractivity contribution in [1.29, 1.82) is 0 Å². The van der Waals surface area contributed by atoms with E-state index in [2.05, 4.69) is 0 Å². The summed E-state index contributed by atoms with van der Waals surface area (Å²) in [5.41, 5.74) is 1.93. The van der Waals surface area contributed by atoms with E-state index < -0.39 is 22.6 Å². The van der Waals surface area contributed by atoms with Gasteiger partial charge in [-0.3, -0.25) is 4.79 Å². The second-order valence-electron chi connectivity index (χ2n) is 8.34. The van der Waals surface area contributed by atoms with E-state index >= 15 is 0 Å². The van der Waals surface area contributed by atoms with E-state index in [1.807, 2.05) is 60.7 Å². The van der Waals surface area contributed by atoms with Crippen LogP contribution in [0.25, 0.3) is 0 Å². The summed E-state index contributed by atoms with van der Waals surface area (Å²) in [5.74, 6) is -1.23. The van der Waals surface area contributed by atoms with Gasteiger partial charge in [0.25, 0.3) is 5.91 Å². The standard InChI is InChI=1S/C28H31ClN2O5S/c1-3-31(4-2)37(34,35)24-15-16-26(29)25(19-24)28(33)36-21-27(32)30(20-23-13-9-6-10-14-23)18-17-22-11-7-5-8-12-22/h5-16,19H,3-4,17-18,20-21H2,1-2H3. The third-order valence-corrected chi connectivity index (χ3v) is 8.29. The molecule has 3 rings (SSSR count). The Bertz CT molecular complexity index is 1300. The molecule has 196 valence electrons. The number of ether oxygens (including phenoxy) is 1. The predicted octanol–water partition coefficient (Wildman–Crippen LogP) is 4.80. The Morgan fingerprint density at radius 1 is 0.865 bits per heavy atom. The number of carbonyl (C=O) groups excluding carboxylic acids is 2. The zero-order valence-corrected chi connectivity index (χ0v) is 22.5. The molecule has 9 heteroatoms. The van der Waals surface area contributed by atoms with E-state index in [4.69, 9.17) is 16.3 Å². The molecule has 0 aliphatic carbocycles. The molecule has 3 aromatic carbocycles. The van der Waals surface area contributed by atoms with E-state index in [1.54, 1.807) is 18.7 Å². The summed E-state index contributed by atoms with van der Waals surface area (Å²) in [7, 11) is -3.80. The molecule has 1 amide bonds. The van der Waals surface area contributed by atoms with Gasteiger partial charge in [0.2, 0.25) is 10.0 Å². The van der Waals surface area contributed by atoms with Gasteiger partial charge in [0, 0.05) is 26.2 Å². The quantitative estimate of drug-likeness (QED) is 0.307. The summed E-state index contributed by atoms with van der Waals surface area (Å²) in [5, 5.41) is 0.0427. The zero-order valence-electron chi connectivity index (χ0n) is 21.0. The number of benzene rings is 3. The summed E-state index contributed by atoms with van der Waals surface area (Å²) < 4.78 is 32.3. The maximum Gasteiger partial charge on any atom is 0.340 e. The number of halogens is 1. The van der Waals surface area contributed by atoms with Gasteiger partial charge in [0.1, 0.15) is 0 Å². The second-order valence-corrected chi connectivity index (χ2v) is 10.7. The first-order chi connectivity index (χ1) is 17.8. The van der Waals surface area contributed by atoms with Crippen LogP contribution in [0, 0.1) is 0 Å². The molecule has 0 heterocycles. The van der Waals surface area contributed by atoms with E-state index in [0.29, 0.717) is 19.5 Å². The van der Waals surface area contributed by atoms with Crippen LogP contribution in [-0.2, 0) is 32.5 Å². The molecule has 0 saturated heterocycles. The number of carbonyl (C=O) groups is 2. The Kier molecular flexibility index (Phi) is 10.3. The maximum atomic E-state index is 13.1. The number of hydrogen-bond donors (Lipinski definition) is 0. The van der Waals surface area contributed by atoms with Crippen LogP contribution in [0.4, 0.5) is 0 Å². The summed E-state index contributed by atoms with van der Waals surface area (Å²) in [4.78, 5) is 27.5. The van der Waals surface area contributed by atoms with Crippen molar-refractivity contribution in [3.05, 3.63) is 101 Å². The molecule has 0 fully saturated rings. The fourth-order valence-corrected chi connectivity index (χ4v) is 5.51. The van der Waals surface area contributed by atoms with Gasteiger partial charge in [-0.15, -0.1) is 0 Å². The molecule has 0 aliphatic heterocycles. The smallest absolute Gasteiger partial charge is 0.340 e. The van der Waals surface area contributed by atoms with E-state index in [-0.39, 0.29) is 34.5 Å². The minimum atomic E-state index is -3.80. The van der Waals surface area contributed by atoms with Gasteiger partial charge in [-0.2, -0.15) is 4.31 Å². The number of nitrogens with zero attached hydrogens (tertiary/aromatic N) is 2. The van der Waals surface area contributed by atoms with Crippen molar-refractivity contribution in [2.24, 2.45) is 0 Å². The number of rotatable bonds is 12. The van der Waals surface area contributed by atoms with Gasteiger partial charge in [0.05, 0.1) is 15.5 Å². The summed E-state index contributed by atoms with van der Waals surface area (Å²) >= 11 is 6.19. The van der Waals surface area contributed by atoms with E-state index in [1.165, 1.54) is 22.5 Å². The van der Waals surface area contributed by atoms with Crippen molar-refractivity contribution in [2.75, 3.05) is 26.2 Å². The molecular weight excluding hydrogens is 512 g/mol. The lowest BCUT2D eigenvalue weighted by molar-refractivity contribution is -0.135. The number of hydrogen-bond acceptors (Lipinski definition) is 5. The van der Waals surface area contributed by atoms with Gasteiger partial charge >= 0.3 is 5.97 Å². The maximum absolute atomic E-state index is 13.1. The van der Waals surface area contributed by atoms with Crippen LogP contribution in [0.3, 0.4) is 0 Å². The van der Waals surface area contributed by atoms with Crippen molar-refractivity contribution in [2.45, 2.75) is 31.7 Å². The van der Waals surface area contributed by atoms with Crippen molar-refractivity contribution >= 4 is 33.5 Å². The normalized spacial score (nSPS) is 11.4. The SMILES string of the molecule is CCN(CC)S(=O)(=O)c1ccc(Cl)c(C(=O)OCC(=O)N(CCc2ccccc2)Cc2ccccc2)c1. The van der Waals surface area contributed by atoms with Crippen LogP contribution in [0.1, 0.15) is 35.3 Å². The zero-order chi connectivity index (χ0) is 26.8. The lowest BCUT2D eigenvalue weighted by Crippen LogP contribution is -2.36. The Labute approximate surface area is 223 Å². The van der Waals surface area contributed by atoms with Crippen LogP contribution in [0.5, 0.6) is 0 Å². The van der Waals surface area contributed by atoms with Crippen molar-refractivity contribution in [3.63, 3.8) is 0 Å². The molecule has 0 saturated carbocycles. The van der Waals surface area contributed by atoms with Gasteiger partial charge in [-0.1, -0.05) is 86.1 Å². The fraction of sp³-hybridized carbons (Fsp3) is 0.286. The molecule has 3 aromatic rings. The minimum absolute atomic E-state index is 0.0427. The number of esters is 1. The highest BCUT2D eigenvalue weighted by molar-refractivity contribution is 7.89. The van der Waals surface area contributed by atoms with Crippen molar-refractivity contribution in [1.82, 2.24) is 9.21 Å². The van der Waals surface area contributed by atoms with Crippen LogP contribution < -0.4 is 0 Å². The number of sulfonamides is 1. The van der Waals surface area contributed by atoms with Crippen molar-refractivity contribution in [3.8, 4) is 0 Å². The monoisotopic (exact) mass is 542 g/mol. The molecule has 0 unspecified atom stereocenters. The Balaban J connectivity index is 1.73. The third kappa shape index (κ3) is 7.64. The molecule has 0 aliphatic rings. The van der Waals surface area contributed by atoms with Gasteiger partial charge in [-0.05, 0) is 35.7 Å². The lowest BCUT2D eigenvalue weighted by atomic mass is 10.1. The topological polar surface area (TPSA) is 84.0 Å². The average Bonchev–Trinajstić information content (AvgIpc) is 2.91. The van der Waals surface area contributed by atoms with Crippen LogP contribution in [-0.4, -0.2) is 55.7 Å². The molecular formula is C28H31ClN2O5S. The summed E-state index contributed by atoms with van der Waals surface area (Å²) in [6.07, 6.45) is 0.643. The highest BCUT2D eigenvalue weighted by atomic mass is 35.5. The van der Waals surface area contributed by atoms with Crippen LogP contribution in [0.2, 0.25) is 5.02 Å². The van der Waals surface area contributed by atoms with Crippen LogP contribution >= 0.6 is 11.6 Å².